The maximum atomic E-state index is 12.7. The Morgan fingerprint density at radius 2 is 2.19 bits per heavy atom. The van der Waals surface area contributed by atoms with Crippen LogP contribution in [0.2, 0.25) is 0 Å². The van der Waals surface area contributed by atoms with Crippen molar-refractivity contribution in [2.75, 3.05) is 13.7 Å². The summed E-state index contributed by atoms with van der Waals surface area (Å²) in [5.41, 5.74) is 3.80. The minimum absolute atomic E-state index is 0.0601. The molecule has 0 amide bonds. The highest BCUT2D eigenvalue weighted by atomic mass is 16.6. The van der Waals surface area contributed by atoms with Gasteiger partial charge >= 0.3 is 5.97 Å². The fourth-order valence-electron chi connectivity index (χ4n) is 4.02. The second kappa shape index (κ2) is 10.5. The number of carbonyl (C=O) groups is 2. The van der Waals surface area contributed by atoms with Crippen molar-refractivity contribution in [3.8, 4) is 11.8 Å². The van der Waals surface area contributed by atoms with Gasteiger partial charge < -0.3 is 9.84 Å². The number of Topliss-reactive ketones (excluding diaryl/α,β-unsaturated/α-hetero) is 1. The number of methoxy groups -OCH3 is 1. The molecule has 2 aliphatic rings. The predicted octanol–water partition coefficient (Wildman–Crippen LogP) is 2.37. The van der Waals surface area contributed by atoms with E-state index in [1.54, 1.807) is 0 Å². The van der Waals surface area contributed by atoms with Crippen LogP contribution in [-0.2, 0) is 19.2 Å². The lowest BCUT2D eigenvalue weighted by atomic mass is 9.85. The number of ketones is 1. The zero-order valence-electron chi connectivity index (χ0n) is 16.5. The van der Waals surface area contributed by atoms with Gasteiger partial charge in [-0.3, -0.25) is 19.9 Å². The van der Waals surface area contributed by atoms with Crippen LogP contribution in [0.4, 0.5) is 0 Å². The molecule has 0 aromatic heterocycles. The van der Waals surface area contributed by atoms with Crippen LogP contribution >= 0.6 is 0 Å². The minimum atomic E-state index is -0.559. The van der Waals surface area contributed by atoms with Crippen molar-refractivity contribution in [3.63, 3.8) is 0 Å². The molecule has 0 saturated heterocycles. The minimum Gasteiger partial charge on any atom is -0.469 e. The Hall–Kier alpha value is -1.84. The van der Waals surface area contributed by atoms with Gasteiger partial charge in [-0.15, -0.1) is 11.8 Å². The van der Waals surface area contributed by atoms with Crippen LogP contribution in [0.1, 0.15) is 52.4 Å². The van der Waals surface area contributed by atoms with Gasteiger partial charge in [0.25, 0.3) is 0 Å². The van der Waals surface area contributed by atoms with Gasteiger partial charge in [0, 0.05) is 18.5 Å². The Balaban J connectivity index is 1.83. The molecule has 0 bridgehead atoms. The number of esters is 1. The summed E-state index contributed by atoms with van der Waals surface area (Å²) in [6.07, 6.45) is 5.14. The van der Waals surface area contributed by atoms with Gasteiger partial charge in [-0.2, -0.15) is 0 Å². The molecule has 0 radical (unpaired) electrons. The van der Waals surface area contributed by atoms with Gasteiger partial charge in [-0.1, -0.05) is 13.0 Å². The summed E-state index contributed by atoms with van der Waals surface area (Å²) in [6.45, 7) is 4.15. The fourth-order valence-corrected chi connectivity index (χ4v) is 4.02. The van der Waals surface area contributed by atoms with E-state index in [1.165, 1.54) is 7.11 Å². The Morgan fingerprint density at radius 3 is 2.89 bits per heavy atom. The third kappa shape index (κ3) is 6.08. The maximum absolute atomic E-state index is 12.7. The van der Waals surface area contributed by atoms with E-state index in [9.17, 15) is 14.7 Å². The first-order valence-electron chi connectivity index (χ1n) is 9.72. The van der Waals surface area contributed by atoms with Crippen LogP contribution < -0.4 is 5.48 Å². The molecule has 0 aliphatic heterocycles. The number of ether oxygens (including phenoxy) is 1. The zero-order valence-corrected chi connectivity index (χ0v) is 16.5. The number of aliphatic hydroxyl groups is 1. The Kier molecular flexibility index (Phi) is 8.33. The molecular formula is C21H31NO5. The molecule has 6 nitrogen and oxygen atoms in total. The van der Waals surface area contributed by atoms with Gasteiger partial charge in [0.2, 0.25) is 0 Å². The Labute approximate surface area is 161 Å². The van der Waals surface area contributed by atoms with Gasteiger partial charge in [-0.05, 0) is 43.9 Å². The SMILES string of the molecule is CC#CCC(C)CCC(=O)[C@H]1[C@@H]2C=C(NOCCC(=O)OC)C[C@@H]2C[C@@H]1O. The number of carbonyl (C=O) groups excluding carboxylic acids is 2. The van der Waals surface area contributed by atoms with Crippen LogP contribution in [-0.4, -0.2) is 36.7 Å². The van der Waals surface area contributed by atoms with E-state index in [4.69, 9.17) is 4.84 Å². The smallest absolute Gasteiger partial charge is 0.307 e. The van der Waals surface area contributed by atoms with E-state index < -0.39 is 6.10 Å². The molecule has 150 valence electrons. The lowest BCUT2D eigenvalue weighted by molar-refractivity contribution is -0.142. The molecule has 2 N–H and O–H groups in total. The van der Waals surface area contributed by atoms with Crippen molar-refractivity contribution in [2.45, 2.75) is 58.5 Å². The maximum Gasteiger partial charge on any atom is 0.307 e. The largest absolute Gasteiger partial charge is 0.469 e. The van der Waals surface area contributed by atoms with Gasteiger partial charge in [0.15, 0.2) is 0 Å². The summed E-state index contributed by atoms with van der Waals surface area (Å²) in [7, 11) is 1.34. The van der Waals surface area contributed by atoms with Crippen molar-refractivity contribution in [3.05, 3.63) is 11.8 Å². The summed E-state index contributed by atoms with van der Waals surface area (Å²) in [5.74, 6) is 6.16. The third-order valence-corrected chi connectivity index (χ3v) is 5.52. The average molecular weight is 377 g/mol. The Morgan fingerprint density at radius 1 is 1.41 bits per heavy atom. The number of hydrogen-bond acceptors (Lipinski definition) is 6. The molecule has 1 fully saturated rings. The lowest BCUT2D eigenvalue weighted by Gasteiger charge is -2.19. The van der Waals surface area contributed by atoms with Crippen molar-refractivity contribution >= 4 is 11.8 Å². The molecule has 27 heavy (non-hydrogen) atoms. The summed E-state index contributed by atoms with van der Waals surface area (Å²) in [6, 6.07) is 0. The highest BCUT2D eigenvalue weighted by molar-refractivity contribution is 5.82. The molecule has 1 unspecified atom stereocenters. The number of hydroxylamine groups is 1. The first-order valence-corrected chi connectivity index (χ1v) is 9.72. The van der Waals surface area contributed by atoms with E-state index in [2.05, 4.69) is 29.0 Å². The molecule has 2 rings (SSSR count). The number of allylic oxidation sites excluding steroid dienone is 2. The second-order valence-corrected chi connectivity index (χ2v) is 7.58. The molecule has 1 saturated carbocycles. The van der Waals surface area contributed by atoms with Crippen LogP contribution in [0.3, 0.4) is 0 Å². The molecule has 0 aromatic rings. The number of fused-ring (bicyclic) bond motifs is 1. The first kappa shape index (κ1) is 21.5. The van der Waals surface area contributed by atoms with Crippen LogP contribution in [0.5, 0.6) is 0 Å². The molecule has 0 heterocycles. The van der Waals surface area contributed by atoms with Gasteiger partial charge in [0.1, 0.15) is 5.78 Å². The Bertz CT molecular complexity index is 618. The molecule has 6 heteroatoms. The zero-order chi connectivity index (χ0) is 19.8. The van der Waals surface area contributed by atoms with Crippen LogP contribution in [0, 0.1) is 35.5 Å². The van der Waals surface area contributed by atoms with Crippen molar-refractivity contribution in [1.82, 2.24) is 5.48 Å². The van der Waals surface area contributed by atoms with Gasteiger partial charge in [-0.25, -0.2) is 0 Å². The predicted molar refractivity (Wildman–Crippen MR) is 101 cm³/mol. The van der Waals surface area contributed by atoms with E-state index in [0.717, 1.165) is 25.0 Å². The summed E-state index contributed by atoms with van der Waals surface area (Å²) in [5, 5.41) is 10.4. The number of hydrogen-bond donors (Lipinski definition) is 2. The van der Waals surface area contributed by atoms with E-state index in [1.807, 2.05) is 13.0 Å². The second-order valence-electron chi connectivity index (χ2n) is 7.58. The van der Waals surface area contributed by atoms with Crippen LogP contribution in [0.25, 0.3) is 0 Å². The van der Waals surface area contributed by atoms with Crippen molar-refractivity contribution in [1.29, 1.82) is 0 Å². The molecular weight excluding hydrogens is 346 g/mol. The topological polar surface area (TPSA) is 84.9 Å². The first-order chi connectivity index (χ1) is 13.0. The van der Waals surface area contributed by atoms with E-state index >= 15 is 0 Å². The lowest BCUT2D eigenvalue weighted by Crippen LogP contribution is -2.28. The van der Waals surface area contributed by atoms with Crippen molar-refractivity contribution < 1.29 is 24.3 Å². The highest BCUT2D eigenvalue weighted by Crippen LogP contribution is 2.46. The summed E-state index contributed by atoms with van der Waals surface area (Å²) >= 11 is 0. The average Bonchev–Trinajstić information content (AvgIpc) is 3.16. The molecule has 0 spiro atoms. The molecule has 0 aromatic carbocycles. The standard InChI is InChI=1S/C21H31NO5/c1-4-5-6-14(2)7-8-18(23)21-17-13-16(11-15(17)12-19(21)24)22-27-10-9-20(25)26-3/h13-15,17,19,21-22,24H,6-12H2,1-3H3/t14?,15-,17-,19+,21-/m1/s1. The highest BCUT2D eigenvalue weighted by Gasteiger charge is 2.47. The fraction of sp³-hybridized carbons (Fsp3) is 0.714. The normalized spacial score (nSPS) is 27.2. The summed E-state index contributed by atoms with van der Waals surface area (Å²) < 4.78 is 4.56. The third-order valence-electron chi connectivity index (χ3n) is 5.52. The van der Waals surface area contributed by atoms with E-state index in [-0.39, 0.29) is 42.5 Å². The monoisotopic (exact) mass is 377 g/mol. The van der Waals surface area contributed by atoms with E-state index in [0.29, 0.717) is 18.8 Å². The quantitative estimate of drug-likeness (QED) is 0.263. The van der Waals surface area contributed by atoms with Gasteiger partial charge in [0.05, 0.1) is 32.2 Å². The number of aliphatic hydroxyl groups excluding tert-OH is 1. The molecule has 2 aliphatic carbocycles. The molecule has 5 atom stereocenters. The van der Waals surface area contributed by atoms with Crippen LogP contribution in [0.15, 0.2) is 11.8 Å². The summed E-state index contributed by atoms with van der Waals surface area (Å²) in [4.78, 5) is 29.1. The number of rotatable bonds is 10. The number of nitrogens with one attached hydrogen (secondary N) is 1. The van der Waals surface area contributed by atoms with Crippen molar-refractivity contribution in [2.24, 2.45) is 23.7 Å².